The van der Waals surface area contributed by atoms with E-state index >= 15 is 0 Å². The van der Waals surface area contributed by atoms with Gasteiger partial charge >= 0.3 is 6.03 Å². The summed E-state index contributed by atoms with van der Waals surface area (Å²) in [5, 5.41) is 11.8. The Bertz CT molecular complexity index is 1260. The number of carbonyl (C=O) groups is 1. The maximum absolute atomic E-state index is 12.7. The Labute approximate surface area is 213 Å². The predicted octanol–water partition coefficient (Wildman–Crippen LogP) is 6.09. The first-order valence-corrected chi connectivity index (χ1v) is 12.9. The fourth-order valence-corrected chi connectivity index (χ4v) is 4.75. The van der Waals surface area contributed by atoms with Crippen LogP contribution >= 0.6 is 0 Å². The van der Waals surface area contributed by atoms with Crippen molar-refractivity contribution in [2.45, 2.75) is 46.7 Å². The van der Waals surface area contributed by atoms with E-state index in [9.17, 15) is 4.79 Å². The number of urea groups is 1. The van der Waals surface area contributed by atoms with Crippen molar-refractivity contribution in [3.8, 4) is 11.3 Å². The van der Waals surface area contributed by atoms with Crippen molar-refractivity contribution in [3.63, 3.8) is 0 Å². The fourth-order valence-electron chi connectivity index (χ4n) is 4.75. The number of likely N-dealkylation sites (N-methyl/N-ethyl adjacent to an activating group) is 1. The number of carbonyl (C=O) groups excluding carboxylic acids is 1. The molecular formula is C29H36N6O. The van der Waals surface area contributed by atoms with Crippen LogP contribution in [0.25, 0.3) is 22.2 Å². The van der Waals surface area contributed by atoms with Crippen LogP contribution in [0, 0.1) is 6.92 Å². The molecule has 2 N–H and O–H groups in total. The Kier molecular flexibility index (Phi) is 8.33. The minimum Gasteiger partial charge on any atom is -0.316 e. The normalized spacial score (nSPS) is 16.9. The van der Waals surface area contributed by atoms with Crippen molar-refractivity contribution < 1.29 is 4.79 Å². The van der Waals surface area contributed by atoms with Gasteiger partial charge in [-0.1, -0.05) is 57.2 Å². The summed E-state index contributed by atoms with van der Waals surface area (Å²) in [6.07, 6.45) is 2.84. The lowest BCUT2D eigenvalue weighted by molar-refractivity contribution is 0.180. The highest BCUT2D eigenvalue weighted by Crippen LogP contribution is 2.34. The van der Waals surface area contributed by atoms with Crippen LogP contribution in [-0.2, 0) is 6.54 Å². The van der Waals surface area contributed by atoms with Crippen LogP contribution < -0.4 is 5.32 Å². The summed E-state index contributed by atoms with van der Waals surface area (Å²) in [7, 11) is 0. The van der Waals surface area contributed by atoms with Gasteiger partial charge in [-0.25, -0.2) is 4.79 Å². The summed E-state index contributed by atoms with van der Waals surface area (Å²) in [6.45, 7) is 11.8. The molecule has 4 heterocycles. The highest BCUT2D eigenvalue weighted by atomic mass is 16.2. The Hall–Kier alpha value is -3.71. The number of fused-ring (bicyclic) bond motifs is 2. The molecule has 2 aromatic heterocycles. The molecule has 2 amide bonds. The molecule has 0 saturated carbocycles. The molecule has 36 heavy (non-hydrogen) atoms. The number of aromatic nitrogens is 3. The first-order chi connectivity index (χ1) is 17.6. The number of hydrogen-bond donors (Lipinski definition) is 2. The van der Waals surface area contributed by atoms with Crippen molar-refractivity contribution in [1.82, 2.24) is 25.0 Å². The fraction of sp³-hybridized carbons (Fsp3) is 0.345. The number of aryl methyl sites for hydroxylation is 1. The smallest absolute Gasteiger partial charge is 0.316 e. The van der Waals surface area contributed by atoms with Gasteiger partial charge in [-0.2, -0.15) is 5.10 Å². The number of H-pyrrole nitrogens is 1. The molecule has 1 atom stereocenters. The molecule has 0 radical (unpaired) electrons. The number of likely N-dealkylation sites (tertiary alicyclic amines) is 1. The summed E-state index contributed by atoms with van der Waals surface area (Å²) in [5.41, 5.74) is 5.87. The van der Waals surface area contributed by atoms with E-state index in [1.54, 1.807) is 0 Å². The third-order valence-electron chi connectivity index (χ3n) is 6.60. The number of aromatic amines is 1. The number of nitrogens with one attached hydrogen (secondary N) is 2. The van der Waals surface area contributed by atoms with Crippen LogP contribution in [0.3, 0.4) is 0 Å². The van der Waals surface area contributed by atoms with Crippen molar-refractivity contribution in [2.24, 2.45) is 0 Å². The minimum atomic E-state index is -0.000648. The van der Waals surface area contributed by atoms with E-state index in [2.05, 4.69) is 38.4 Å². The zero-order chi connectivity index (χ0) is 25.5. The van der Waals surface area contributed by atoms with E-state index in [0.717, 1.165) is 65.2 Å². The van der Waals surface area contributed by atoms with E-state index < -0.39 is 0 Å². The molecule has 4 aromatic rings. The highest BCUT2D eigenvalue weighted by molar-refractivity contribution is 6.00. The van der Waals surface area contributed by atoms with Crippen LogP contribution in [0.15, 0.2) is 66.9 Å². The second-order valence-electron chi connectivity index (χ2n) is 8.86. The molecule has 7 heteroatoms. The van der Waals surface area contributed by atoms with Gasteiger partial charge in [0.15, 0.2) is 0 Å². The van der Waals surface area contributed by atoms with E-state index in [0.29, 0.717) is 6.54 Å². The molecule has 188 valence electrons. The quantitative estimate of drug-likeness (QED) is 0.369. The van der Waals surface area contributed by atoms with E-state index in [4.69, 9.17) is 0 Å². The highest BCUT2D eigenvalue weighted by Gasteiger charge is 2.33. The van der Waals surface area contributed by atoms with Gasteiger partial charge in [-0.05, 0) is 49.7 Å². The average molecular weight is 485 g/mol. The molecular weight excluding hydrogens is 448 g/mol. The molecule has 2 aromatic carbocycles. The second-order valence-corrected chi connectivity index (χ2v) is 8.86. The minimum absolute atomic E-state index is 0.000648. The molecule has 0 aliphatic carbocycles. The first-order valence-electron chi connectivity index (χ1n) is 12.9. The largest absolute Gasteiger partial charge is 0.322 e. The number of amides is 2. The summed E-state index contributed by atoms with van der Waals surface area (Å²) in [5.74, 6) is 0. The molecule has 7 nitrogen and oxygen atoms in total. The van der Waals surface area contributed by atoms with Gasteiger partial charge in [-0.15, -0.1) is 0 Å². The monoisotopic (exact) mass is 484 g/mol. The number of pyridine rings is 1. The molecule has 2 aliphatic heterocycles. The van der Waals surface area contributed by atoms with Gasteiger partial charge in [0.05, 0.1) is 5.52 Å². The zero-order valence-corrected chi connectivity index (χ0v) is 21.7. The Morgan fingerprint density at radius 1 is 1.06 bits per heavy atom. The lowest BCUT2D eigenvalue weighted by Crippen LogP contribution is -2.46. The van der Waals surface area contributed by atoms with Crippen molar-refractivity contribution in [3.05, 3.63) is 78.1 Å². The number of nitrogens with zero attached hydrogens (tertiary/aromatic N) is 4. The van der Waals surface area contributed by atoms with Gasteiger partial charge in [-0.3, -0.25) is 10.1 Å². The summed E-state index contributed by atoms with van der Waals surface area (Å²) >= 11 is 0. The predicted molar refractivity (Wildman–Crippen MR) is 147 cm³/mol. The van der Waals surface area contributed by atoms with E-state index in [1.165, 1.54) is 0 Å². The molecule has 0 bridgehead atoms. The van der Waals surface area contributed by atoms with Crippen molar-refractivity contribution in [2.75, 3.05) is 25.0 Å². The maximum Gasteiger partial charge on any atom is 0.322 e. The molecule has 1 saturated heterocycles. The van der Waals surface area contributed by atoms with Gasteiger partial charge in [0.2, 0.25) is 0 Å². The van der Waals surface area contributed by atoms with Gasteiger partial charge in [0.1, 0.15) is 5.69 Å². The first kappa shape index (κ1) is 25.4. The lowest BCUT2D eigenvalue weighted by atomic mass is 10.0. The Balaban J connectivity index is 0.000000330. The third-order valence-corrected chi connectivity index (χ3v) is 6.60. The standard InChI is InChI=1S/C21H24N6O.C6H6.C2H6/c1-3-26-7-5-16(12-26)27-11-15-9-17-19(10-18(15)23-21(27)28)24-25-20(17)14-4-6-22-13(2)8-14;1-2-4-6-5-3-1;1-2/h4,6,8-10,16H,3,5,7,11-12H2,1-2H3,(H,23,28)(H,24,25);1-6H;1-2H3. The summed E-state index contributed by atoms with van der Waals surface area (Å²) in [4.78, 5) is 21.4. The Morgan fingerprint density at radius 3 is 2.42 bits per heavy atom. The van der Waals surface area contributed by atoms with Crippen LogP contribution in [-0.4, -0.2) is 56.7 Å². The van der Waals surface area contributed by atoms with Gasteiger partial charge in [0, 0.05) is 54.2 Å². The maximum atomic E-state index is 12.7. The average Bonchev–Trinajstić information content (AvgIpc) is 3.57. The van der Waals surface area contributed by atoms with Crippen molar-refractivity contribution in [1.29, 1.82) is 0 Å². The van der Waals surface area contributed by atoms with Crippen LogP contribution in [0.2, 0.25) is 0 Å². The molecule has 2 aliphatic rings. The third kappa shape index (κ3) is 5.57. The van der Waals surface area contributed by atoms with Crippen LogP contribution in [0.5, 0.6) is 0 Å². The number of hydrogen-bond acceptors (Lipinski definition) is 4. The number of benzene rings is 2. The summed E-state index contributed by atoms with van der Waals surface area (Å²) in [6, 6.07) is 20.5. The molecule has 1 unspecified atom stereocenters. The topological polar surface area (TPSA) is 77.2 Å². The van der Waals surface area contributed by atoms with Crippen molar-refractivity contribution >= 4 is 22.6 Å². The Morgan fingerprint density at radius 2 is 1.78 bits per heavy atom. The lowest BCUT2D eigenvalue weighted by Gasteiger charge is -2.34. The molecule has 1 fully saturated rings. The van der Waals surface area contributed by atoms with Crippen LogP contribution in [0.4, 0.5) is 10.5 Å². The molecule has 6 rings (SSSR count). The zero-order valence-electron chi connectivity index (χ0n) is 21.7. The SMILES string of the molecule is CC.CCN1CCC(N2Cc3cc4c(-c5ccnc(C)c5)n[nH]c4cc3NC2=O)C1.c1ccccc1. The van der Waals surface area contributed by atoms with Crippen LogP contribution in [0.1, 0.15) is 38.4 Å². The van der Waals surface area contributed by atoms with E-state index in [-0.39, 0.29) is 12.1 Å². The second kappa shape index (κ2) is 11.8. The number of anilines is 1. The summed E-state index contributed by atoms with van der Waals surface area (Å²) < 4.78 is 0. The number of rotatable bonds is 3. The molecule has 0 spiro atoms. The van der Waals surface area contributed by atoms with Gasteiger partial charge < -0.3 is 15.1 Å². The van der Waals surface area contributed by atoms with E-state index in [1.807, 2.05) is 86.5 Å². The van der Waals surface area contributed by atoms with Gasteiger partial charge in [0.25, 0.3) is 0 Å².